The average molecular weight is 289 g/mol. The van der Waals surface area contributed by atoms with Crippen molar-refractivity contribution in [1.29, 1.82) is 0 Å². The number of fused-ring (bicyclic) bond motifs is 2. The molecule has 5 nitrogen and oxygen atoms in total. The molecule has 0 spiro atoms. The Hall–Kier alpha value is -1.10. The maximum absolute atomic E-state index is 6.18. The van der Waals surface area contributed by atoms with Crippen molar-refractivity contribution in [3.63, 3.8) is 0 Å². The Balaban J connectivity index is 1.43. The van der Waals surface area contributed by atoms with Crippen molar-refractivity contribution in [2.24, 2.45) is 23.5 Å². The molecule has 1 aromatic heterocycles. The van der Waals surface area contributed by atoms with E-state index in [2.05, 4.69) is 22.0 Å². The first-order chi connectivity index (χ1) is 10.2. The van der Waals surface area contributed by atoms with Crippen molar-refractivity contribution >= 4 is 5.95 Å². The number of nitrogens with two attached hydrogens (primary N) is 1. The molecule has 1 saturated heterocycles. The molecular formula is C16H27N5. The number of aromatic amines is 1. The molecule has 5 atom stereocenters. The SMILES string of the molecule is CC1C(N)CCCN1c1n[nH]c(CC2CC3CCC2C3)n1. The summed E-state index contributed by atoms with van der Waals surface area (Å²) < 4.78 is 0. The van der Waals surface area contributed by atoms with Crippen LogP contribution in [0.1, 0.15) is 51.3 Å². The minimum absolute atomic E-state index is 0.242. The quantitative estimate of drug-likeness (QED) is 0.894. The number of H-pyrrole nitrogens is 1. The van der Waals surface area contributed by atoms with Gasteiger partial charge in [0.1, 0.15) is 5.82 Å². The highest BCUT2D eigenvalue weighted by Gasteiger charge is 2.39. The molecule has 2 aliphatic carbocycles. The Morgan fingerprint density at radius 2 is 2.19 bits per heavy atom. The lowest BCUT2D eigenvalue weighted by molar-refractivity contribution is 0.327. The second kappa shape index (κ2) is 5.27. The molecule has 1 aliphatic heterocycles. The maximum Gasteiger partial charge on any atom is 0.244 e. The number of hydrogen-bond acceptors (Lipinski definition) is 4. The van der Waals surface area contributed by atoms with Gasteiger partial charge in [-0.1, -0.05) is 6.42 Å². The molecule has 0 aromatic carbocycles. The molecule has 4 rings (SSSR count). The highest BCUT2D eigenvalue weighted by atomic mass is 15.4. The van der Waals surface area contributed by atoms with Gasteiger partial charge in [0.15, 0.2) is 0 Å². The summed E-state index contributed by atoms with van der Waals surface area (Å²) in [5.41, 5.74) is 6.18. The Bertz CT molecular complexity index is 499. The Labute approximate surface area is 126 Å². The van der Waals surface area contributed by atoms with Gasteiger partial charge in [0, 0.05) is 25.0 Å². The van der Waals surface area contributed by atoms with Crippen LogP contribution in [0.3, 0.4) is 0 Å². The molecule has 3 N–H and O–H groups in total. The van der Waals surface area contributed by atoms with E-state index in [-0.39, 0.29) is 6.04 Å². The molecule has 5 unspecified atom stereocenters. The topological polar surface area (TPSA) is 70.8 Å². The van der Waals surface area contributed by atoms with Crippen LogP contribution in [0.2, 0.25) is 0 Å². The second-order valence-electron chi connectivity index (χ2n) is 7.46. The summed E-state index contributed by atoms with van der Waals surface area (Å²) >= 11 is 0. The summed E-state index contributed by atoms with van der Waals surface area (Å²) in [7, 11) is 0. The summed E-state index contributed by atoms with van der Waals surface area (Å²) in [5, 5.41) is 7.64. The fourth-order valence-corrected chi connectivity index (χ4v) is 4.84. The molecule has 1 aromatic rings. The summed E-state index contributed by atoms with van der Waals surface area (Å²) in [5.74, 6) is 4.73. The molecule has 3 aliphatic rings. The van der Waals surface area contributed by atoms with Gasteiger partial charge in [-0.05, 0) is 56.8 Å². The van der Waals surface area contributed by atoms with Crippen molar-refractivity contribution in [2.75, 3.05) is 11.4 Å². The fraction of sp³-hybridized carbons (Fsp3) is 0.875. The van der Waals surface area contributed by atoms with Crippen molar-refractivity contribution in [2.45, 2.75) is 64.0 Å². The summed E-state index contributed by atoms with van der Waals surface area (Å²) in [6.07, 6.45) is 9.11. The summed E-state index contributed by atoms with van der Waals surface area (Å²) in [6.45, 7) is 3.22. The van der Waals surface area contributed by atoms with E-state index in [1.54, 1.807) is 0 Å². The molecular weight excluding hydrogens is 262 g/mol. The molecule has 116 valence electrons. The normalized spacial score (nSPS) is 39.1. The second-order valence-corrected chi connectivity index (χ2v) is 7.46. The molecule has 2 saturated carbocycles. The van der Waals surface area contributed by atoms with Crippen molar-refractivity contribution < 1.29 is 0 Å². The van der Waals surface area contributed by atoms with Gasteiger partial charge in [0.25, 0.3) is 0 Å². The van der Waals surface area contributed by atoms with Crippen molar-refractivity contribution in [3.8, 4) is 0 Å². The number of rotatable bonds is 3. The minimum Gasteiger partial charge on any atom is -0.335 e. The third kappa shape index (κ3) is 2.45. The molecule has 0 radical (unpaired) electrons. The van der Waals surface area contributed by atoms with E-state index in [9.17, 15) is 0 Å². The number of nitrogens with zero attached hydrogens (tertiary/aromatic N) is 3. The maximum atomic E-state index is 6.18. The average Bonchev–Trinajstić information content (AvgIpc) is 3.18. The number of aromatic nitrogens is 3. The monoisotopic (exact) mass is 289 g/mol. The summed E-state index contributed by atoms with van der Waals surface area (Å²) in [4.78, 5) is 7.04. The molecule has 2 bridgehead atoms. The Kier molecular flexibility index (Phi) is 3.40. The van der Waals surface area contributed by atoms with Crippen LogP contribution in [0.4, 0.5) is 5.95 Å². The highest BCUT2D eigenvalue weighted by molar-refractivity contribution is 5.32. The predicted octanol–water partition coefficient (Wildman–Crippen LogP) is 2.10. The molecule has 5 heteroatoms. The smallest absolute Gasteiger partial charge is 0.244 e. The van der Waals surface area contributed by atoms with Gasteiger partial charge in [0.05, 0.1) is 0 Å². The number of piperidine rings is 1. The van der Waals surface area contributed by atoms with Crippen LogP contribution < -0.4 is 10.6 Å². The zero-order chi connectivity index (χ0) is 14.4. The lowest BCUT2D eigenvalue weighted by Gasteiger charge is -2.36. The van der Waals surface area contributed by atoms with E-state index in [0.717, 1.165) is 55.3 Å². The molecule has 21 heavy (non-hydrogen) atoms. The van der Waals surface area contributed by atoms with E-state index in [1.807, 2.05) is 0 Å². The van der Waals surface area contributed by atoms with Crippen molar-refractivity contribution in [3.05, 3.63) is 5.82 Å². The largest absolute Gasteiger partial charge is 0.335 e. The van der Waals surface area contributed by atoms with Crippen LogP contribution in [0.25, 0.3) is 0 Å². The van der Waals surface area contributed by atoms with Crippen LogP contribution in [0.15, 0.2) is 0 Å². The van der Waals surface area contributed by atoms with Gasteiger partial charge in [-0.3, -0.25) is 5.10 Å². The lowest BCUT2D eigenvalue weighted by atomic mass is 9.86. The Morgan fingerprint density at radius 3 is 2.95 bits per heavy atom. The van der Waals surface area contributed by atoms with Crippen molar-refractivity contribution in [1.82, 2.24) is 15.2 Å². The first kappa shape index (κ1) is 13.6. The zero-order valence-corrected chi connectivity index (χ0v) is 13.0. The van der Waals surface area contributed by atoms with Gasteiger partial charge in [-0.25, -0.2) is 0 Å². The predicted molar refractivity (Wildman–Crippen MR) is 83.0 cm³/mol. The van der Waals surface area contributed by atoms with E-state index in [1.165, 1.54) is 25.7 Å². The first-order valence-corrected chi connectivity index (χ1v) is 8.64. The van der Waals surface area contributed by atoms with E-state index >= 15 is 0 Å². The third-order valence-corrected chi connectivity index (χ3v) is 6.16. The van der Waals surface area contributed by atoms with Crippen LogP contribution in [0, 0.1) is 17.8 Å². The number of nitrogens with one attached hydrogen (secondary N) is 1. The van der Waals surface area contributed by atoms with Gasteiger partial charge >= 0.3 is 0 Å². The van der Waals surface area contributed by atoms with Gasteiger partial charge in [-0.15, -0.1) is 5.10 Å². The number of hydrogen-bond donors (Lipinski definition) is 2. The van der Waals surface area contributed by atoms with Gasteiger partial charge in [-0.2, -0.15) is 4.98 Å². The van der Waals surface area contributed by atoms with E-state index in [4.69, 9.17) is 10.7 Å². The van der Waals surface area contributed by atoms with Crippen LogP contribution >= 0.6 is 0 Å². The van der Waals surface area contributed by atoms with E-state index < -0.39 is 0 Å². The highest BCUT2D eigenvalue weighted by Crippen LogP contribution is 2.49. The number of anilines is 1. The standard InChI is InChI=1S/C16H27N5/c1-10-14(17)3-2-6-21(10)16-18-15(19-20-16)9-13-8-11-4-5-12(13)7-11/h10-14H,2-9,17H2,1H3,(H,18,19,20). The van der Waals surface area contributed by atoms with Crippen LogP contribution in [-0.4, -0.2) is 33.8 Å². The zero-order valence-electron chi connectivity index (χ0n) is 13.0. The molecule has 0 amide bonds. The lowest BCUT2D eigenvalue weighted by Crippen LogP contribution is -2.51. The van der Waals surface area contributed by atoms with Gasteiger partial charge in [0.2, 0.25) is 5.95 Å². The molecule has 3 fully saturated rings. The van der Waals surface area contributed by atoms with Gasteiger partial charge < -0.3 is 10.6 Å². The Morgan fingerprint density at radius 1 is 1.29 bits per heavy atom. The van der Waals surface area contributed by atoms with Crippen LogP contribution in [-0.2, 0) is 6.42 Å². The summed E-state index contributed by atoms with van der Waals surface area (Å²) in [6, 6.07) is 0.580. The van der Waals surface area contributed by atoms with E-state index in [0.29, 0.717) is 6.04 Å². The van der Waals surface area contributed by atoms with Crippen LogP contribution in [0.5, 0.6) is 0 Å². The minimum atomic E-state index is 0.242. The fourth-order valence-electron chi connectivity index (χ4n) is 4.84. The third-order valence-electron chi connectivity index (χ3n) is 6.16. The first-order valence-electron chi connectivity index (χ1n) is 8.64. The molecule has 2 heterocycles.